The van der Waals surface area contributed by atoms with Crippen molar-refractivity contribution in [2.45, 2.75) is 19.8 Å². The summed E-state index contributed by atoms with van der Waals surface area (Å²) in [7, 11) is 0. The fourth-order valence-electron chi connectivity index (χ4n) is 2.70. The Bertz CT molecular complexity index is 762. The average molecular weight is 322 g/mol. The van der Waals surface area contributed by atoms with Crippen molar-refractivity contribution in [3.05, 3.63) is 65.2 Å². The third-order valence-corrected chi connectivity index (χ3v) is 4.09. The van der Waals surface area contributed by atoms with Crippen molar-refractivity contribution < 1.29 is 14.4 Å². The van der Waals surface area contributed by atoms with E-state index >= 15 is 0 Å². The zero-order chi connectivity index (χ0) is 17.1. The lowest BCUT2D eigenvalue weighted by molar-refractivity contribution is -0.116. The van der Waals surface area contributed by atoms with Gasteiger partial charge in [-0.2, -0.15) is 0 Å². The second-order valence-electron chi connectivity index (χ2n) is 5.66. The van der Waals surface area contributed by atoms with Crippen LogP contribution in [0.1, 0.15) is 39.6 Å². The molecule has 0 fully saturated rings. The van der Waals surface area contributed by atoms with E-state index in [0.29, 0.717) is 16.8 Å². The third-order valence-electron chi connectivity index (χ3n) is 4.09. The summed E-state index contributed by atoms with van der Waals surface area (Å²) in [6.07, 6.45) is 1.01. The monoisotopic (exact) mass is 322 g/mol. The van der Waals surface area contributed by atoms with Crippen molar-refractivity contribution in [3.8, 4) is 0 Å². The molecule has 0 saturated carbocycles. The number of hydrogen-bond acceptors (Lipinski definition) is 3. The summed E-state index contributed by atoms with van der Waals surface area (Å²) in [5.41, 5.74) is 2.70. The van der Waals surface area contributed by atoms with Crippen LogP contribution in [0, 0.1) is 0 Å². The van der Waals surface area contributed by atoms with Crippen molar-refractivity contribution in [2.24, 2.45) is 0 Å². The smallest absolute Gasteiger partial charge is 0.261 e. The molecule has 0 bridgehead atoms. The van der Waals surface area contributed by atoms with Crippen LogP contribution in [0.5, 0.6) is 0 Å². The van der Waals surface area contributed by atoms with Gasteiger partial charge in [-0.3, -0.25) is 19.3 Å². The van der Waals surface area contributed by atoms with E-state index in [4.69, 9.17) is 0 Å². The van der Waals surface area contributed by atoms with Gasteiger partial charge in [0.15, 0.2) is 0 Å². The summed E-state index contributed by atoms with van der Waals surface area (Å²) in [6.45, 7) is 2.14. The Morgan fingerprint density at radius 3 is 2.08 bits per heavy atom. The maximum absolute atomic E-state index is 12.2. The van der Waals surface area contributed by atoms with Gasteiger partial charge in [0.05, 0.1) is 11.1 Å². The molecule has 1 aliphatic rings. The van der Waals surface area contributed by atoms with E-state index in [0.717, 1.165) is 11.3 Å². The predicted molar refractivity (Wildman–Crippen MR) is 90.9 cm³/mol. The molecular weight excluding hydrogens is 304 g/mol. The first-order valence-electron chi connectivity index (χ1n) is 7.94. The lowest BCUT2D eigenvalue weighted by Crippen LogP contribution is -2.32. The Hall–Kier alpha value is -2.95. The van der Waals surface area contributed by atoms with Crippen molar-refractivity contribution in [1.29, 1.82) is 0 Å². The van der Waals surface area contributed by atoms with Gasteiger partial charge in [0.25, 0.3) is 11.8 Å². The highest BCUT2D eigenvalue weighted by atomic mass is 16.2. The van der Waals surface area contributed by atoms with E-state index in [1.807, 2.05) is 24.3 Å². The molecule has 24 heavy (non-hydrogen) atoms. The fourth-order valence-corrected chi connectivity index (χ4v) is 2.70. The summed E-state index contributed by atoms with van der Waals surface area (Å²) in [6, 6.07) is 14.3. The molecule has 0 aliphatic carbocycles. The maximum Gasteiger partial charge on any atom is 0.261 e. The number of amides is 3. The lowest BCUT2D eigenvalue weighted by Gasteiger charge is -2.13. The number of nitrogens with zero attached hydrogens (tertiary/aromatic N) is 1. The summed E-state index contributed by atoms with van der Waals surface area (Å²) < 4.78 is 0. The van der Waals surface area contributed by atoms with Gasteiger partial charge in [-0.1, -0.05) is 31.2 Å². The zero-order valence-corrected chi connectivity index (χ0v) is 13.4. The largest absolute Gasteiger partial charge is 0.326 e. The van der Waals surface area contributed by atoms with Gasteiger partial charge in [-0.25, -0.2) is 0 Å². The first kappa shape index (κ1) is 15.9. The van der Waals surface area contributed by atoms with Crippen LogP contribution in [0.25, 0.3) is 0 Å². The molecule has 3 amide bonds. The molecule has 2 aromatic carbocycles. The molecule has 0 aromatic heterocycles. The second-order valence-corrected chi connectivity index (χ2v) is 5.66. The molecule has 0 saturated heterocycles. The molecule has 5 nitrogen and oxygen atoms in total. The number of carbonyl (C=O) groups excluding carboxylic acids is 3. The van der Waals surface area contributed by atoms with Crippen LogP contribution >= 0.6 is 0 Å². The number of rotatable bonds is 5. The van der Waals surface area contributed by atoms with Gasteiger partial charge < -0.3 is 5.32 Å². The topological polar surface area (TPSA) is 66.5 Å². The molecule has 0 radical (unpaired) electrons. The van der Waals surface area contributed by atoms with Crippen LogP contribution in [-0.4, -0.2) is 29.2 Å². The van der Waals surface area contributed by atoms with Gasteiger partial charge >= 0.3 is 0 Å². The quantitative estimate of drug-likeness (QED) is 0.861. The van der Waals surface area contributed by atoms with Crippen LogP contribution in [0.15, 0.2) is 48.5 Å². The van der Waals surface area contributed by atoms with E-state index in [9.17, 15) is 14.4 Å². The number of fused-ring (bicyclic) bond motifs is 1. The summed E-state index contributed by atoms with van der Waals surface area (Å²) >= 11 is 0. The van der Waals surface area contributed by atoms with Crippen LogP contribution in [0.4, 0.5) is 5.69 Å². The summed E-state index contributed by atoms with van der Waals surface area (Å²) in [5, 5.41) is 2.78. The number of imide groups is 1. The first-order chi connectivity index (χ1) is 11.6. The van der Waals surface area contributed by atoms with Crippen LogP contribution in [-0.2, 0) is 11.2 Å². The van der Waals surface area contributed by atoms with Crippen molar-refractivity contribution in [1.82, 2.24) is 4.90 Å². The summed E-state index contributed by atoms with van der Waals surface area (Å²) in [5.74, 6) is -0.901. The third kappa shape index (κ3) is 3.06. The maximum atomic E-state index is 12.2. The molecule has 1 N–H and O–H groups in total. The highest BCUT2D eigenvalue weighted by Gasteiger charge is 2.34. The highest BCUT2D eigenvalue weighted by molar-refractivity contribution is 6.21. The van der Waals surface area contributed by atoms with Gasteiger partial charge in [0.2, 0.25) is 5.91 Å². The van der Waals surface area contributed by atoms with Gasteiger partial charge in [0.1, 0.15) is 0 Å². The number of benzene rings is 2. The zero-order valence-electron chi connectivity index (χ0n) is 13.4. The van der Waals surface area contributed by atoms with Crippen LogP contribution in [0.3, 0.4) is 0 Å². The van der Waals surface area contributed by atoms with Crippen LogP contribution < -0.4 is 5.32 Å². The molecule has 2 aromatic rings. The Labute approximate surface area is 140 Å². The van der Waals surface area contributed by atoms with E-state index < -0.39 is 0 Å². The minimum absolute atomic E-state index is 0.0704. The van der Waals surface area contributed by atoms with Crippen molar-refractivity contribution in [3.63, 3.8) is 0 Å². The molecule has 1 aliphatic heterocycles. The Morgan fingerprint density at radius 1 is 0.958 bits per heavy atom. The Balaban J connectivity index is 1.59. The SMILES string of the molecule is CCc1ccc(NC(=O)CCN2C(=O)c3ccccc3C2=O)cc1. The van der Waals surface area contributed by atoms with E-state index in [2.05, 4.69) is 12.2 Å². The van der Waals surface area contributed by atoms with E-state index in [1.165, 1.54) is 5.56 Å². The minimum Gasteiger partial charge on any atom is -0.326 e. The van der Waals surface area contributed by atoms with Gasteiger partial charge in [-0.05, 0) is 36.2 Å². The van der Waals surface area contributed by atoms with E-state index in [-0.39, 0.29) is 30.7 Å². The van der Waals surface area contributed by atoms with E-state index in [1.54, 1.807) is 24.3 Å². The number of carbonyl (C=O) groups is 3. The second kappa shape index (κ2) is 6.66. The number of hydrogen-bond donors (Lipinski definition) is 1. The van der Waals surface area contributed by atoms with Gasteiger partial charge in [-0.15, -0.1) is 0 Å². The molecule has 5 heteroatoms. The van der Waals surface area contributed by atoms with Crippen molar-refractivity contribution in [2.75, 3.05) is 11.9 Å². The molecule has 1 heterocycles. The van der Waals surface area contributed by atoms with Crippen LogP contribution in [0.2, 0.25) is 0 Å². The predicted octanol–water partition coefficient (Wildman–Crippen LogP) is 2.87. The highest BCUT2D eigenvalue weighted by Crippen LogP contribution is 2.22. The number of aryl methyl sites for hydroxylation is 1. The molecular formula is C19H18N2O3. The number of nitrogens with one attached hydrogen (secondary N) is 1. The first-order valence-corrected chi connectivity index (χ1v) is 7.94. The lowest BCUT2D eigenvalue weighted by atomic mass is 10.1. The molecule has 122 valence electrons. The molecule has 0 spiro atoms. The average Bonchev–Trinajstić information content (AvgIpc) is 2.85. The molecule has 0 atom stereocenters. The minimum atomic E-state index is -0.337. The molecule has 0 unspecified atom stereocenters. The summed E-state index contributed by atoms with van der Waals surface area (Å²) in [4.78, 5) is 37.6. The molecule has 3 rings (SSSR count). The van der Waals surface area contributed by atoms with Crippen molar-refractivity contribution >= 4 is 23.4 Å². The Morgan fingerprint density at radius 2 is 1.54 bits per heavy atom. The van der Waals surface area contributed by atoms with Gasteiger partial charge in [0, 0.05) is 18.7 Å². The fraction of sp³-hybridized carbons (Fsp3) is 0.211. The number of anilines is 1. The standard InChI is InChI=1S/C19H18N2O3/c1-2-13-7-9-14(10-8-13)20-17(22)11-12-21-18(23)15-5-3-4-6-16(15)19(21)24/h3-10H,2,11-12H2,1H3,(H,20,22). The normalized spacial score (nSPS) is 13.1. The Kier molecular flexibility index (Phi) is 4.42.